The van der Waals surface area contributed by atoms with Gasteiger partial charge in [0.15, 0.2) is 0 Å². The first-order valence-electron chi connectivity index (χ1n) is 6.84. The molecule has 1 aliphatic rings. The van der Waals surface area contributed by atoms with Gasteiger partial charge in [0.2, 0.25) is 0 Å². The van der Waals surface area contributed by atoms with E-state index in [1.54, 1.807) is 0 Å². The molecule has 1 unspecified atom stereocenters. The molecule has 2 aromatic rings. The van der Waals surface area contributed by atoms with Crippen LogP contribution >= 0.6 is 0 Å². The van der Waals surface area contributed by atoms with E-state index in [9.17, 15) is 5.11 Å². The maximum Gasteiger partial charge on any atom is 0.0781 e. The highest BCUT2D eigenvalue weighted by Crippen LogP contribution is 2.30. The molecular formula is C17H19NO. The summed E-state index contributed by atoms with van der Waals surface area (Å²) in [4.78, 5) is 2.37. The average Bonchev–Trinajstić information content (AvgIpc) is 2.46. The molecule has 0 saturated heterocycles. The Labute approximate surface area is 114 Å². The van der Waals surface area contributed by atoms with Crippen molar-refractivity contribution in [1.82, 2.24) is 0 Å². The summed E-state index contributed by atoms with van der Waals surface area (Å²) >= 11 is 0. The van der Waals surface area contributed by atoms with Crippen molar-refractivity contribution in [3.63, 3.8) is 0 Å². The molecule has 0 fully saturated rings. The molecule has 3 rings (SSSR count). The van der Waals surface area contributed by atoms with Crippen molar-refractivity contribution in [1.29, 1.82) is 0 Å². The molecule has 0 amide bonds. The molecular weight excluding hydrogens is 234 g/mol. The fraction of sp³-hybridized carbons (Fsp3) is 0.294. The van der Waals surface area contributed by atoms with Gasteiger partial charge in [-0.05, 0) is 30.5 Å². The van der Waals surface area contributed by atoms with E-state index in [4.69, 9.17) is 0 Å². The third kappa shape index (κ3) is 2.36. The van der Waals surface area contributed by atoms with Gasteiger partial charge in [0.25, 0.3) is 0 Å². The number of benzene rings is 2. The van der Waals surface area contributed by atoms with Gasteiger partial charge in [0, 0.05) is 24.3 Å². The lowest BCUT2D eigenvalue weighted by Gasteiger charge is -2.32. The van der Waals surface area contributed by atoms with Crippen LogP contribution in [0.1, 0.15) is 29.7 Å². The standard InChI is InChI=1S/C17H19NO/c1-13(19)16-8-4-5-9-17(16)18-11-10-14-6-2-3-7-15(14)12-18/h2-9,13,19H,10-12H2,1H3. The molecule has 0 spiro atoms. The summed E-state index contributed by atoms with van der Waals surface area (Å²) in [7, 11) is 0. The number of aliphatic hydroxyl groups is 1. The first kappa shape index (κ1) is 12.2. The smallest absolute Gasteiger partial charge is 0.0781 e. The average molecular weight is 253 g/mol. The molecule has 1 N–H and O–H groups in total. The van der Waals surface area contributed by atoms with Crippen molar-refractivity contribution in [2.75, 3.05) is 11.4 Å². The van der Waals surface area contributed by atoms with Gasteiger partial charge in [-0.15, -0.1) is 0 Å². The number of aliphatic hydroxyl groups excluding tert-OH is 1. The second kappa shape index (κ2) is 5.06. The molecule has 1 heterocycles. The van der Waals surface area contributed by atoms with E-state index in [-0.39, 0.29) is 0 Å². The van der Waals surface area contributed by atoms with Crippen LogP contribution in [0, 0.1) is 0 Å². The number of nitrogens with zero attached hydrogens (tertiary/aromatic N) is 1. The number of fused-ring (bicyclic) bond motifs is 1. The predicted molar refractivity (Wildman–Crippen MR) is 78.3 cm³/mol. The van der Waals surface area contributed by atoms with Crippen molar-refractivity contribution in [2.24, 2.45) is 0 Å². The van der Waals surface area contributed by atoms with Crippen LogP contribution in [0.5, 0.6) is 0 Å². The van der Waals surface area contributed by atoms with E-state index in [1.165, 1.54) is 11.1 Å². The predicted octanol–water partition coefficient (Wildman–Crippen LogP) is 3.30. The highest BCUT2D eigenvalue weighted by atomic mass is 16.3. The second-order valence-electron chi connectivity index (χ2n) is 5.18. The molecule has 98 valence electrons. The molecule has 19 heavy (non-hydrogen) atoms. The van der Waals surface area contributed by atoms with Crippen molar-refractivity contribution in [2.45, 2.75) is 26.0 Å². The zero-order valence-electron chi connectivity index (χ0n) is 11.2. The Balaban J connectivity index is 1.93. The number of rotatable bonds is 2. The lowest BCUT2D eigenvalue weighted by molar-refractivity contribution is 0.199. The first-order valence-corrected chi connectivity index (χ1v) is 6.84. The lowest BCUT2D eigenvalue weighted by atomic mass is 9.98. The van der Waals surface area contributed by atoms with Gasteiger partial charge in [0.1, 0.15) is 0 Å². The van der Waals surface area contributed by atoms with Crippen LogP contribution in [0.2, 0.25) is 0 Å². The Kier molecular flexibility index (Phi) is 3.26. The Hall–Kier alpha value is -1.80. The number of hydrogen-bond donors (Lipinski definition) is 1. The third-order valence-electron chi connectivity index (χ3n) is 3.86. The Bertz CT molecular complexity index is 577. The molecule has 0 bridgehead atoms. The minimum atomic E-state index is -0.423. The van der Waals surface area contributed by atoms with Crippen molar-refractivity contribution in [3.8, 4) is 0 Å². The summed E-state index contributed by atoms with van der Waals surface area (Å²) in [6, 6.07) is 16.8. The lowest BCUT2D eigenvalue weighted by Crippen LogP contribution is -2.31. The fourth-order valence-corrected chi connectivity index (χ4v) is 2.83. The zero-order chi connectivity index (χ0) is 13.2. The van der Waals surface area contributed by atoms with Gasteiger partial charge in [-0.25, -0.2) is 0 Å². The van der Waals surface area contributed by atoms with Crippen LogP contribution in [0.4, 0.5) is 5.69 Å². The quantitative estimate of drug-likeness (QED) is 0.887. The SMILES string of the molecule is CC(O)c1ccccc1N1CCc2ccccc2C1. The minimum Gasteiger partial charge on any atom is -0.389 e. The topological polar surface area (TPSA) is 23.5 Å². The van der Waals surface area contributed by atoms with Gasteiger partial charge in [-0.2, -0.15) is 0 Å². The summed E-state index contributed by atoms with van der Waals surface area (Å²) in [5.74, 6) is 0. The van der Waals surface area contributed by atoms with Crippen LogP contribution in [-0.2, 0) is 13.0 Å². The molecule has 0 aromatic heterocycles. The van der Waals surface area contributed by atoms with E-state index in [2.05, 4.69) is 35.2 Å². The number of hydrogen-bond acceptors (Lipinski definition) is 2. The van der Waals surface area contributed by atoms with E-state index in [0.29, 0.717) is 0 Å². The van der Waals surface area contributed by atoms with Gasteiger partial charge >= 0.3 is 0 Å². The van der Waals surface area contributed by atoms with E-state index in [1.807, 2.05) is 25.1 Å². The van der Waals surface area contributed by atoms with E-state index < -0.39 is 6.10 Å². The minimum absolute atomic E-state index is 0.423. The van der Waals surface area contributed by atoms with Gasteiger partial charge < -0.3 is 10.0 Å². The largest absolute Gasteiger partial charge is 0.389 e. The second-order valence-corrected chi connectivity index (χ2v) is 5.18. The van der Waals surface area contributed by atoms with Gasteiger partial charge in [0.05, 0.1) is 6.10 Å². The normalized spacial score (nSPS) is 16.0. The van der Waals surface area contributed by atoms with Crippen molar-refractivity contribution < 1.29 is 5.11 Å². The van der Waals surface area contributed by atoms with Crippen LogP contribution in [0.3, 0.4) is 0 Å². The van der Waals surface area contributed by atoms with Crippen LogP contribution in [0.15, 0.2) is 48.5 Å². The number of anilines is 1. The maximum absolute atomic E-state index is 9.90. The monoisotopic (exact) mass is 253 g/mol. The molecule has 0 saturated carbocycles. The van der Waals surface area contributed by atoms with Crippen LogP contribution in [0.25, 0.3) is 0 Å². The maximum atomic E-state index is 9.90. The summed E-state index contributed by atoms with van der Waals surface area (Å²) < 4.78 is 0. The highest BCUT2D eigenvalue weighted by molar-refractivity contribution is 5.56. The summed E-state index contributed by atoms with van der Waals surface area (Å²) in [5.41, 5.74) is 5.02. The Morgan fingerprint density at radius 1 is 1.00 bits per heavy atom. The van der Waals surface area contributed by atoms with Crippen molar-refractivity contribution >= 4 is 5.69 Å². The van der Waals surface area contributed by atoms with Gasteiger partial charge in [-0.3, -0.25) is 0 Å². The van der Waals surface area contributed by atoms with Crippen LogP contribution in [-0.4, -0.2) is 11.7 Å². The van der Waals surface area contributed by atoms with Crippen LogP contribution < -0.4 is 4.90 Å². The van der Waals surface area contributed by atoms with Crippen molar-refractivity contribution in [3.05, 3.63) is 65.2 Å². The third-order valence-corrected chi connectivity index (χ3v) is 3.86. The first-order chi connectivity index (χ1) is 9.25. The molecule has 1 aliphatic heterocycles. The summed E-state index contributed by atoms with van der Waals surface area (Å²) in [6.07, 6.45) is 0.651. The number of para-hydroxylation sites is 1. The zero-order valence-corrected chi connectivity index (χ0v) is 11.2. The summed E-state index contributed by atoms with van der Waals surface area (Å²) in [6.45, 7) is 3.78. The van der Waals surface area contributed by atoms with E-state index in [0.717, 1.165) is 30.8 Å². The molecule has 2 nitrogen and oxygen atoms in total. The molecule has 0 radical (unpaired) electrons. The fourth-order valence-electron chi connectivity index (χ4n) is 2.83. The molecule has 2 aromatic carbocycles. The van der Waals surface area contributed by atoms with E-state index >= 15 is 0 Å². The Morgan fingerprint density at radius 2 is 1.68 bits per heavy atom. The molecule has 2 heteroatoms. The Morgan fingerprint density at radius 3 is 2.47 bits per heavy atom. The molecule has 0 aliphatic carbocycles. The highest BCUT2D eigenvalue weighted by Gasteiger charge is 2.19. The molecule has 1 atom stereocenters. The summed E-state index contributed by atoms with van der Waals surface area (Å²) in [5, 5.41) is 9.90. The van der Waals surface area contributed by atoms with Gasteiger partial charge in [-0.1, -0.05) is 42.5 Å².